The zero-order chi connectivity index (χ0) is 49.2. The molecule has 0 bridgehead atoms. The Balaban J connectivity index is 3.34. The van der Waals surface area contributed by atoms with Gasteiger partial charge >= 0.3 is 11.9 Å². The lowest BCUT2D eigenvalue weighted by atomic mass is 10.0. The van der Waals surface area contributed by atoms with Crippen LogP contribution in [0.2, 0.25) is 0 Å². The van der Waals surface area contributed by atoms with E-state index in [1.807, 2.05) is 0 Å². The van der Waals surface area contributed by atoms with Crippen LogP contribution < -0.4 is 0 Å². The van der Waals surface area contributed by atoms with Gasteiger partial charge in [-0.15, -0.1) is 0 Å². The van der Waals surface area contributed by atoms with Crippen molar-refractivity contribution >= 4 is 11.9 Å². The number of carbonyl (C=O) groups excluding carboxylic acids is 2. The average Bonchev–Trinajstić information content (AvgIpc) is 3.34. The van der Waals surface area contributed by atoms with Crippen LogP contribution in [0.15, 0.2) is 0 Å². The number of esters is 2. The van der Waals surface area contributed by atoms with Crippen molar-refractivity contribution in [2.24, 2.45) is 0 Å². The highest BCUT2D eigenvalue weighted by molar-refractivity contribution is 5.70. The Hall–Kier alpha value is -1.10. The summed E-state index contributed by atoms with van der Waals surface area (Å²) in [6.07, 6.45) is 74.1. The topological polar surface area (TPSA) is 72.8 Å². The SMILES string of the molecule is CCCCCCCCCCCCCCCCCCCCCCCCCCCCCCCCCCCCCCC(=O)OC(CO)COC(=O)CCCCCCCCCCCCCCCCCCCC. The van der Waals surface area contributed by atoms with Gasteiger partial charge in [0.2, 0.25) is 0 Å². The largest absolute Gasteiger partial charge is 0.462 e. The third-order valence-electron chi connectivity index (χ3n) is 14.9. The van der Waals surface area contributed by atoms with E-state index < -0.39 is 6.10 Å². The summed E-state index contributed by atoms with van der Waals surface area (Å²) >= 11 is 0. The minimum absolute atomic E-state index is 0.0557. The van der Waals surface area contributed by atoms with Crippen LogP contribution >= 0.6 is 0 Å². The van der Waals surface area contributed by atoms with Crippen molar-refractivity contribution in [2.45, 2.75) is 380 Å². The van der Waals surface area contributed by atoms with E-state index in [1.54, 1.807) is 0 Å². The Morgan fingerprint density at radius 1 is 0.279 bits per heavy atom. The predicted molar refractivity (Wildman–Crippen MR) is 298 cm³/mol. The van der Waals surface area contributed by atoms with Gasteiger partial charge in [0.15, 0.2) is 6.10 Å². The number of hydrogen-bond acceptors (Lipinski definition) is 5. The summed E-state index contributed by atoms with van der Waals surface area (Å²) in [5.74, 6) is -0.562. The number of ether oxygens (including phenoxy) is 2. The molecule has 406 valence electrons. The molecule has 1 atom stereocenters. The Kier molecular flexibility index (Phi) is 59.2. The zero-order valence-electron chi connectivity index (χ0n) is 46.7. The van der Waals surface area contributed by atoms with Crippen LogP contribution in [0.5, 0.6) is 0 Å². The van der Waals surface area contributed by atoms with E-state index >= 15 is 0 Å². The summed E-state index contributed by atoms with van der Waals surface area (Å²) in [5.41, 5.74) is 0. The maximum Gasteiger partial charge on any atom is 0.306 e. The van der Waals surface area contributed by atoms with E-state index in [0.29, 0.717) is 12.8 Å². The molecule has 68 heavy (non-hydrogen) atoms. The first kappa shape index (κ1) is 66.9. The maximum absolute atomic E-state index is 12.3. The van der Waals surface area contributed by atoms with Crippen LogP contribution in [0.4, 0.5) is 0 Å². The lowest BCUT2D eigenvalue weighted by molar-refractivity contribution is -0.161. The molecule has 0 aliphatic carbocycles. The molecule has 0 aliphatic heterocycles. The van der Waals surface area contributed by atoms with Gasteiger partial charge in [0.1, 0.15) is 6.61 Å². The second-order valence-corrected chi connectivity index (χ2v) is 21.9. The molecule has 0 rings (SSSR count). The number of aliphatic hydroxyl groups is 1. The van der Waals surface area contributed by atoms with Gasteiger partial charge in [0.05, 0.1) is 6.61 Å². The molecule has 0 aromatic rings. The molecule has 0 saturated heterocycles. The molecular formula is C63H124O5. The summed E-state index contributed by atoms with van der Waals surface area (Å²) in [6.45, 7) is 4.21. The molecule has 1 N–H and O–H groups in total. The maximum atomic E-state index is 12.3. The molecule has 0 spiro atoms. The van der Waals surface area contributed by atoms with E-state index in [-0.39, 0.29) is 25.2 Å². The van der Waals surface area contributed by atoms with E-state index in [1.165, 1.54) is 315 Å². The Morgan fingerprint density at radius 3 is 0.647 bits per heavy atom. The van der Waals surface area contributed by atoms with Gasteiger partial charge in [-0.1, -0.05) is 348 Å². The molecule has 0 aromatic carbocycles. The molecule has 0 saturated carbocycles. The van der Waals surface area contributed by atoms with Crippen molar-refractivity contribution < 1.29 is 24.2 Å². The second-order valence-electron chi connectivity index (χ2n) is 21.9. The van der Waals surface area contributed by atoms with Crippen LogP contribution in [-0.4, -0.2) is 36.4 Å². The van der Waals surface area contributed by atoms with Crippen LogP contribution in [0.25, 0.3) is 0 Å². The van der Waals surface area contributed by atoms with Gasteiger partial charge in [0.25, 0.3) is 0 Å². The Labute approximate surface area is 427 Å². The summed E-state index contributed by atoms with van der Waals surface area (Å²) in [7, 11) is 0. The zero-order valence-corrected chi connectivity index (χ0v) is 46.7. The quantitative estimate of drug-likeness (QED) is 0.0486. The molecule has 1 unspecified atom stereocenters. The number of hydrogen-bond donors (Lipinski definition) is 1. The van der Waals surface area contributed by atoms with Gasteiger partial charge < -0.3 is 14.6 Å². The van der Waals surface area contributed by atoms with Crippen molar-refractivity contribution in [3.8, 4) is 0 Å². The fourth-order valence-electron chi connectivity index (χ4n) is 10.2. The number of carbonyl (C=O) groups is 2. The standard InChI is InChI=1S/C63H124O5/c1-3-5-7-9-11-13-15-17-19-21-23-24-25-26-27-28-29-30-31-32-33-34-35-36-37-38-39-40-42-44-46-48-50-52-54-56-58-63(66)68-61(59-64)60-67-62(65)57-55-53-51-49-47-45-43-41-22-20-18-16-14-12-10-8-6-4-2/h61,64H,3-60H2,1-2H3. The van der Waals surface area contributed by atoms with Crippen molar-refractivity contribution in [2.75, 3.05) is 13.2 Å². The summed E-state index contributed by atoms with van der Waals surface area (Å²) < 4.78 is 10.7. The highest BCUT2D eigenvalue weighted by Gasteiger charge is 2.16. The smallest absolute Gasteiger partial charge is 0.306 e. The Bertz CT molecular complexity index is 952. The van der Waals surface area contributed by atoms with Gasteiger partial charge in [-0.25, -0.2) is 0 Å². The lowest BCUT2D eigenvalue weighted by Crippen LogP contribution is -2.28. The molecule has 0 amide bonds. The van der Waals surface area contributed by atoms with Crippen LogP contribution in [0, 0.1) is 0 Å². The van der Waals surface area contributed by atoms with E-state index in [0.717, 1.165) is 32.1 Å². The van der Waals surface area contributed by atoms with Crippen LogP contribution in [0.3, 0.4) is 0 Å². The van der Waals surface area contributed by atoms with Crippen molar-refractivity contribution in [3.63, 3.8) is 0 Å². The van der Waals surface area contributed by atoms with Gasteiger partial charge in [-0.2, -0.15) is 0 Å². The minimum Gasteiger partial charge on any atom is -0.462 e. The third kappa shape index (κ3) is 57.5. The van der Waals surface area contributed by atoms with E-state index in [4.69, 9.17) is 9.47 Å². The van der Waals surface area contributed by atoms with Gasteiger partial charge in [-0.3, -0.25) is 9.59 Å². The fourth-order valence-corrected chi connectivity index (χ4v) is 10.2. The van der Waals surface area contributed by atoms with Crippen LogP contribution in [0.1, 0.15) is 373 Å². The molecule has 5 heteroatoms. The van der Waals surface area contributed by atoms with Crippen molar-refractivity contribution in [3.05, 3.63) is 0 Å². The number of aliphatic hydroxyl groups excluding tert-OH is 1. The van der Waals surface area contributed by atoms with Crippen molar-refractivity contribution in [1.82, 2.24) is 0 Å². The first-order chi connectivity index (χ1) is 33.6. The molecule has 0 radical (unpaired) electrons. The predicted octanol–water partition coefficient (Wildman–Crippen LogP) is 21.3. The van der Waals surface area contributed by atoms with Gasteiger partial charge in [0, 0.05) is 12.8 Å². The number of rotatable bonds is 60. The average molecular weight is 962 g/mol. The highest BCUT2D eigenvalue weighted by atomic mass is 16.6. The van der Waals surface area contributed by atoms with E-state index in [9.17, 15) is 14.7 Å². The summed E-state index contributed by atoms with van der Waals surface area (Å²) in [5, 5.41) is 9.66. The van der Waals surface area contributed by atoms with Crippen LogP contribution in [-0.2, 0) is 19.1 Å². The van der Waals surface area contributed by atoms with Crippen molar-refractivity contribution in [1.29, 1.82) is 0 Å². The second kappa shape index (κ2) is 60.2. The molecule has 0 aromatic heterocycles. The minimum atomic E-state index is -0.764. The molecular weight excluding hydrogens is 837 g/mol. The molecule has 5 nitrogen and oxygen atoms in total. The van der Waals surface area contributed by atoms with Gasteiger partial charge in [-0.05, 0) is 12.8 Å². The Morgan fingerprint density at radius 2 is 0.456 bits per heavy atom. The lowest BCUT2D eigenvalue weighted by Gasteiger charge is -2.15. The first-order valence-electron chi connectivity index (χ1n) is 31.6. The monoisotopic (exact) mass is 961 g/mol. The summed E-state index contributed by atoms with van der Waals surface area (Å²) in [6, 6.07) is 0. The summed E-state index contributed by atoms with van der Waals surface area (Å²) in [4.78, 5) is 24.5. The normalized spacial score (nSPS) is 12.0. The first-order valence-corrected chi connectivity index (χ1v) is 31.6. The number of unbranched alkanes of at least 4 members (excludes halogenated alkanes) is 52. The van der Waals surface area contributed by atoms with E-state index in [2.05, 4.69) is 13.8 Å². The third-order valence-corrected chi connectivity index (χ3v) is 14.9. The fraction of sp³-hybridized carbons (Fsp3) is 0.968. The molecule has 0 fully saturated rings. The molecule has 0 heterocycles. The molecule has 0 aliphatic rings. The highest BCUT2D eigenvalue weighted by Crippen LogP contribution is 2.19.